The summed E-state index contributed by atoms with van der Waals surface area (Å²) < 4.78 is 11.9. The normalized spacial score (nSPS) is 10.6. The Morgan fingerprint density at radius 2 is 1.22 bits per heavy atom. The number of aryl methyl sites for hydroxylation is 1. The predicted octanol–water partition coefficient (Wildman–Crippen LogP) is 4.77. The Morgan fingerprint density at radius 1 is 0.704 bits per heavy atom. The molecule has 0 bridgehead atoms. The summed E-state index contributed by atoms with van der Waals surface area (Å²) >= 11 is 0. The van der Waals surface area contributed by atoms with E-state index in [2.05, 4.69) is 0 Å². The molecule has 0 aliphatic carbocycles. The van der Waals surface area contributed by atoms with Crippen LogP contribution in [0.3, 0.4) is 0 Å². The van der Waals surface area contributed by atoms with Crippen molar-refractivity contribution in [2.75, 3.05) is 11.5 Å². The van der Waals surface area contributed by atoms with Gasteiger partial charge in [-0.15, -0.1) is 0 Å². The van der Waals surface area contributed by atoms with Gasteiger partial charge in [0, 0.05) is 12.1 Å². The van der Waals surface area contributed by atoms with Crippen LogP contribution in [0.5, 0.6) is 34.5 Å². The summed E-state index contributed by atoms with van der Waals surface area (Å²) in [4.78, 5) is 0. The number of phenolic OH excluding ortho intramolecular Hbond substituents is 2. The summed E-state index contributed by atoms with van der Waals surface area (Å²) in [6.07, 6.45) is 0. The number of phenols is 2. The van der Waals surface area contributed by atoms with Crippen molar-refractivity contribution < 1.29 is 19.7 Å². The average molecular weight is 366 g/mol. The second-order valence-corrected chi connectivity index (χ2v) is 6.42. The van der Waals surface area contributed by atoms with Crippen molar-refractivity contribution in [2.24, 2.45) is 0 Å². The molecule has 3 aromatic carbocycles. The van der Waals surface area contributed by atoms with Crippen LogP contribution in [0.1, 0.15) is 16.7 Å². The van der Waals surface area contributed by atoms with Gasteiger partial charge in [-0.3, -0.25) is 0 Å². The first-order valence-electron chi connectivity index (χ1n) is 8.39. The molecule has 0 atom stereocenters. The van der Waals surface area contributed by atoms with Crippen molar-refractivity contribution in [3.63, 3.8) is 0 Å². The fourth-order valence-corrected chi connectivity index (χ4v) is 2.72. The molecule has 0 fully saturated rings. The molecule has 0 spiro atoms. The molecular weight excluding hydrogens is 344 g/mol. The number of rotatable bonds is 4. The third-order valence-corrected chi connectivity index (χ3v) is 4.42. The Morgan fingerprint density at radius 3 is 1.74 bits per heavy atom. The first-order chi connectivity index (χ1) is 12.8. The molecule has 3 rings (SSSR count). The Kier molecular flexibility index (Phi) is 4.73. The molecule has 0 saturated heterocycles. The van der Waals surface area contributed by atoms with Gasteiger partial charge in [-0.2, -0.15) is 0 Å². The lowest BCUT2D eigenvalue weighted by Gasteiger charge is -2.18. The maximum atomic E-state index is 9.55. The first-order valence-corrected chi connectivity index (χ1v) is 8.39. The average Bonchev–Trinajstić information content (AvgIpc) is 2.62. The number of benzene rings is 3. The van der Waals surface area contributed by atoms with Crippen LogP contribution in [0.25, 0.3) is 0 Å². The van der Waals surface area contributed by atoms with E-state index in [9.17, 15) is 10.2 Å². The zero-order valence-electron chi connectivity index (χ0n) is 15.4. The van der Waals surface area contributed by atoms with Crippen LogP contribution >= 0.6 is 0 Å². The monoisotopic (exact) mass is 366 g/mol. The number of anilines is 2. The third-order valence-electron chi connectivity index (χ3n) is 4.42. The standard InChI is InChI=1S/C21H22N2O4/c1-11-8-20(26-14-4-6-18(24)16(22)9-14)12(2)13(3)21(11)27-15-5-7-19(25)17(23)10-15/h4-10,24-25H,22-23H2,1-3H3. The molecule has 3 aromatic rings. The Bertz CT molecular complexity index is 1020. The number of nitrogens with two attached hydrogens (primary N) is 2. The molecule has 0 radical (unpaired) electrons. The molecule has 0 amide bonds. The molecule has 6 nitrogen and oxygen atoms in total. The van der Waals surface area contributed by atoms with E-state index in [1.165, 1.54) is 12.1 Å². The van der Waals surface area contributed by atoms with E-state index >= 15 is 0 Å². The number of aromatic hydroxyl groups is 2. The summed E-state index contributed by atoms with van der Waals surface area (Å²) in [7, 11) is 0. The quantitative estimate of drug-likeness (QED) is 0.391. The van der Waals surface area contributed by atoms with Gasteiger partial charge in [0.1, 0.15) is 34.5 Å². The number of hydrogen-bond donors (Lipinski definition) is 4. The fraction of sp³-hybridized carbons (Fsp3) is 0.143. The van der Waals surface area contributed by atoms with Gasteiger partial charge in [0.2, 0.25) is 0 Å². The van der Waals surface area contributed by atoms with Crippen LogP contribution in [0.15, 0.2) is 42.5 Å². The minimum absolute atomic E-state index is 0.0170. The van der Waals surface area contributed by atoms with Gasteiger partial charge in [0.25, 0.3) is 0 Å². The zero-order valence-corrected chi connectivity index (χ0v) is 15.4. The van der Waals surface area contributed by atoms with E-state index in [1.54, 1.807) is 24.3 Å². The van der Waals surface area contributed by atoms with Crippen molar-refractivity contribution in [1.29, 1.82) is 0 Å². The maximum Gasteiger partial charge on any atom is 0.138 e. The van der Waals surface area contributed by atoms with E-state index in [0.29, 0.717) is 23.0 Å². The van der Waals surface area contributed by atoms with Gasteiger partial charge in [-0.1, -0.05) is 0 Å². The highest BCUT2D eigenvalue weighted by molar-refractivity contribution is 5.59. The van der Waals surface area contributed by atoms with Crippen molar-refractivity contribution in [1.82, 2.24) is 0 Å². The fourth-order valence-electron chi connectivity index (χ4n) is 2.72. The Hall–Kier alpha value is -3.54. The Balaban J connectivity index is 1.93. The van der Waals surface area contributed by atoms with Gasteiger partial charge >= 0.3 is 0 Å². The predicted molar refractivity (Wildman–Crippen MR) is 106 cm³/mol. The minimum Gasteiger partial charge on any atom is -0.506 e. The molecule has 0 heterocycles. The van der Waals surface area contributed by atoms with Crippen LogP contribution in [0, 0.1) is 20.8 Å². The SMILES string of the molecule is Cc1cc(Oc2ccc(O)c(N)c2)c(C)c(C)c1Oc1ccc(O)c(N)c1. The van der Waals surface area contributed by atoms with E-state index in [1.807, 2.05) is 26.8 Å². The third kappa shape index (κ3) is 3.69. The molecule has 6 heteroatoms. The second-order valence-electron chi connectivity index (χ2n) is 6.42. The Labute approximate surface area is 157 Å². The van der Waals surface area contributed by atoms with Gasteiger partial charge < -0.3 is 31.2 Å². The van der Waals surface area contributed by atoms with Crippen molar-refractivity contribution in [2.45, 2.75) is 20.8 Å². The van der Waals surface area contributed by atoms with E-state index in [0.717, 1.165) is 16.7 Å². The molecule has 0 aliphatic heterocycles. The number of hydrogen-bond acceptors (Lipinski definition) is 6. The summed E-state index contributed by atoms with van der Waals surface area (Å²) in [6, 6.07) is 11.3. The van der Waals surface area contributed by atoms with Crippen LogP contribution < -0.4 is 20.9 Å². The van der Waals surface area contributed by atoms with Crippen LogP contribution in [-0.2, 0) is 0 Å². The van der Waals surface area contributed by atoms with Crippen molar-refractivity contribution >= 4 is 11.4 Å². The summed E-state index contributed by atoms with van der Waals surface area (Å²) in [5, 5.41) is 19.1. The van der Waals surface area contributed by atoms with Gasteiger partial charge in [-0.05, 0) is 67.8 Å². The zero-order chi connectivity index (χ0) is 19.7. The van der Waals surface area contributed by atoms with Crippen molar-refractivity contribution in [3.05, 3.63) is 59.2 Å². The molecule has 0 aliphatic rings. The number of ether oxygens (including phenoxy) is 2. The summed E-state index contributed by atoms with van der Waals surface area (Å²) in [6.45, 7) is 5.80. The topological polar surface area (TPSA) is 111 Å². The maximum absolute atomic E-state index is 9.55. The minimum atomic E-state index is 0.0170. The van der Waals surface area contributed by atoms with Crippen molar-refractivity contribution in [3.8, 4) is 34.5 Å². The largest absolute Gasteiger partial charge is 0.506 e. The highest BCUT2D eigenvalue weighted by atomic mass is 16.5. The van der Waals surface area contributed by atoms with E-state index in [4.69, 9.17) is 20.9 Å². The molecule has 0 unspecified atom stereocenters. The molecular formula is C21H22N2O4. The molecule has 0 saturated carbocycles. The van der Waals surface area contributed by atoms with Crippen LogP contribution in [0.4, 0.5) is 11.4 Å². The highest BCUT2D eigenvalue weighted by Gasteiger charge is 2.15. The second kappa shape index (κ2) is 6.99. The van der Waals surface area contributed by atoms with E-state index < -0.39 is 0 Å². The van der Waals surface area contributed by atoms with Gasteiger partial charge in [-0.25, -0.2) is 0 Å². The highest BCUT2D eigenvalue weighted by Crippen LogP contribution is 2.39. The molecule has 6 N–H and O–H groups in total. The summed E-state index contributed by atoms with van der Waals surface area (Å²) in [5.74, 6) is 2.48. The molecule has 140 valence electrons. The number of nitrogen functional groups attached to an aromatic ring is 2. The van der Waals surface area contributed by atoms with E-state index in [-0.39, 0.29) is 22.9 Å². The van der Waals surface area contributed by atoms with Gasteiger partial charge in [0.15, 0.2) is 0 Å². The molecule has 0 aromatic heterocycles. The molecule has 27 heavy (non-hydrogen) atoms. The van der Waals surface area contributed by atoms with Crippen LogP contribution in [-0.4, -0.2) is 10.2 Å². The lowest BCUT2D eigenvalue weighted by Crippen LogP contribution is -1.98. The van der Waals surface area contributed by atoms with Gasteiger partial charge in [0.05, 0.1) is 11.4 Å². The van der Waals surface area contributed by atoms with Crippen LogP contribution in [0.2, 0.25) is 0 Å². The summed E-state index contributed by atoms with van der Waals surface area (Å²) in [5.41, 5.74) is 14.7. The lowest BCUT2D eigenvalue weighted by atomic mass is 10.0. The lowest BCUT2D eigenvalue weighted by molar-refractivity contribution is 0.453. The smallest absolute Gasteiger partial charge is 0.138 e. The first kappa shape index (κ1) is 18.3.